The van der Waals surface area contributed by atoms with E-state index in [1.165, 1.54) is 32.7 Å². The fourth-order valence-electron chi connectivity index (χ4n) is 7.94. The Morgan fingerprint density at radius 2 is 0.862 bits per heavy atom. The first-order valence-electron chi connectivity index (χ1n) is 19.3. The molecule has 0 saturated carbocycles. The zero-order chi connectivity index (χ0) is 38.3. The SMILES string of the molecule is Cc1cnc(-c2[c-]c(N(c3[c-]c(-c4cc(-c5ccc6ccccc6c5)c(C)cn4)ccc3)c3cccc4ccccc34)ccc2)cc1-c1ccc2ccccc2c1.[Pt+2]. The molecule has 0 spiro atoms. The molecule has 0 bridgehead atoms. The maximum Gasteiger partial charge on any atom is 2.00 e. The van der Waals surface area contributed by atoms with Gasteiger partial charge in [0.25, 0.3) is 0 Å². The number of pyridine rings is 2. The van der Waals surface area contributed by atoms with E-state index in [4.69, 9.17) is 9.97 Å². The Morgan fingerprint density at radius 1 is 0.414 bits per heavy atom. The van der Waals surface area contributed by atoms with Gasteiger partial charge in [-0.15, -0.1) is 59.7 Å². The molecule has 10 rings (SSSR count). The minimum absolute atomic E-state index is 0. The van der Waals surface area contributed by atoms with Gasteiger partial charge in [-0.05, 0) is 115 Å². The zero-order valence-electron chi connectivity index (χ0n) is 32.1. The monoisotopic (exact) mass is 922 g/mol. The molecule has 0 amide bonds. The van der Waals surface area contributed by atoms with E-state index in [0.717, 1.165) is 72.6 Å². The predicted octanol–water partition coefficient (Wildman–Crippen LogP) is 14.3. The topological polar surface area (TPSA) is 29.0 Å². The van der Waals surface area contributed by atoms with Crippen LogP contribution < -0.4 is 4.90 Å². The fraction of sp³-hybridized carbons (Fsp3) is 0.0370. The van der Waals surface area contributed by atoms with Crippen LogP contribution in [0.4, 0.5) is 17.1 Å². The van der Waals surface area contributed by atoms with Gasteiger partial charge in [-0.1, -0.05) is 121 Å². The summed E-state index contributed by atoms with van der Waals surface area (Å²) in [7, 11) is 0. The van der Waals surface area contributed by atoms with Gasteiger partial charge in [0.1, 0.15) is 0 Å². The summed E-state index contributed by atoms with van der Waals surface area (Å²) in [5.41, 5.74) is 13.3. The second kappa shape index (κ2) is 15.7. The normalized spacial score (nSPS) is 11.1. The smallest absolute Gasteiger partial charge is 0.346 e. The largest absolute Gasteiger partial charge is 2.00 e. The number of aryl methyl sites for hydroxylation is 2. The number of fused-ring (bicyclic) bond motifs is 3. The van der Waals surface area contributed by atoms with Crippen molar-refractivity contribution in [3.63, 3.8) is 0 Å². The Bertz CT molecular complexity index is 2950. The van der Waals surface area contributed by atoms with Crippen LogP contribution in [0.5, 0.6) is 0 Å². The third-order valence-electron chi connectivity index (χ3n) is 10.9. The van der Waals surface area contributed by atoms with Crippen molar-refractivity contribution in [3.05, 3.63) is 212 Å². The van der Waals surface area contributed by atoms with Crippen molar-refractivity contribution in [1.29, 1.82) is 0 Å². The van der Waals surface area contributed by atoms with Crippen LogP contribution >= 0.6 is 0 Å². The first-order chi connectivity index (χ1) is 28.1. The van der Waals surface area contributed by atoms with E-state index in [1.54, 1.807) is 0 Å². The number of aromatic nitrogens is 2. The van der Waals surface area contributed by atoms with Crippen LogP contribution in [-0.4, -0.2) is 9.97 Å². The molecular weight excluding hydrogens is 886 g/mol. The van der Waals surface area contributed by atoms with Crippen molar-refractivity contribution in [2.45, 2.75) is 13.8 Å². The van der Waals surface area contributed by atoms with E-state index in [-0.39, 0.29) is 21.1 Å². The number of hydrogen-bond donors (Lipinski definition) is 0. The molecular formula is C54H37N3Pt. The van der Waals surface area contributed by atoms with E-state index >= 15 is 0 Å². The van der Waals surface area contributed by atoms with Crippen LogP contribution in [0.1, 0.15) is 11.1 Å². The summed E-state index contributed by atoms with van der Waals surface area (Å²) in [5.74, 6) is 0. The Morgan fingerprint density at radius 3 is 1.40 bits per heavy atom. The summed E-state index contributed by atoms with van der Waals surface area (Å²) in [5, 5.41) is 7.19. The van der Waals surface area contributed by atoms with E-state index in [1.807, 2.05) is 12.4 Å². The predicted molar refractivity (Wildman–Crippen MR) is 238 cm³/mol. The molecule has 8 aromatic carbocycles. The third kappa shape index (κ3) is 7.00. The van der Waals surface area contributed by atoms with Gasteiger partial charge in [0, 0.05) is 17.8 Å². The van der Waals surface area contributed by atoms with Gasteiger partial charge in [-0.3, -0.25) is 0 Å². The van der Waals surface area contributed by atoms with Crippen LogP contribution in [0, 0.1) is 26.0 Å². The molecule has 58 heavy (non-hydrogen) atoms. The van der Waals surface area contributed by atoms with E-state index in [0.29, 0.717) is 0 Å². The van der Waals surface area contributed by atoms with Gasteiger partial charge in [0.05, 0.1) is 5.69 Å². The van der Waals surface area contributed by atoms with E-state index < -0.39 is 0 Å². The molecule has 0 aliphatic rings. The standard InChI is InChI=1S/C54H37N3.Pt/c1-36-34-55-52(32-50(36)43-26-24-38-12-3-5-15-41(38)28-43)45-18-9-20-47(30-45)57(54-23-11-17-40-14-7-8-22-49(40)54)48-21-10-19-46(31-48)53-33-51(37(2)35-56-53)44-27-25-39-13-4-6-16-42(39)29-44;/h3-29,32-35H,1-2H3;/q-2;+2. The number of rotatable bonds is 7. The summed E-state index contributed by atoms with van der Waals surface area (Å²) < 4.78 is 0. The molecule has 4 heteroatoms. The molecule has 0 unspecified atom stereocenters. The van der Waals surface area contributed by atoms with Gasteiger partial charge in [-0.2, -0.15) is 0 Å². The third-order valence-corrected chi connectivity index (χ3v) is 10.9. The minimum Gasteiger partial charge on any atom is -0.346 e. The van der Waals surface area contributed by atoms with Crippen molar-refractivity contribution in [1.82, 2.24) is 9.97 Å². The molecule has 0 aliphatic carbocycles. The summed E-state index contributed by atoms with van der Waals surface area (Å²) in [6.07, 6.45) is 3.95. The number of benzene rings is 8. The summed E-state index contributed by atoms with van der Waals surface area (Å²) in [6, 6.07) is 69.9. The Labute approximate surface area is 353 Å². The van der Waals surface area contributed by atoms with Crippen molar-refractivity contribution in [2.24, 2.45) is 0 Å². The van der Waals surface area contributed by atoms with E-state index in [2.05, 4.69) is 207 Å². The zero-order valence-corrected chi connectivity index (χ0v) is 34.3. The molecule has 0 N–H and O–H groups in total. The molecule has 0 aliphatic heterocycles. The molecule has 278 valence electrons. The van der Waals surface area contributed by atoms with Crippen molar-refractivity contribution >= 4 is 49.4 Å². The van der Waals surface area contributed by atoms with Crippen molar-refractivity contribution in [3.8, 4) is 44.8 Å². The molecule has 3 nitrogen and oxygen atoms in total. The first kappa shape index (κ1) is 36.9. The Kier molecular flexibility index (Phi) is 10.00. The number of anilines is 3. The second-order valence-corrected chi connectivity index (χ2v) is 14.6. The summed E-state index contributed by atoms with van der Waals surface area (Å²) in [6.45, 7) is 4.25. The summed E-state index contributed by atoms with van der Waals surface area (Å²) >= 11 is 0. The molecule has 2 heterocycles. The average molecular weight is 923 g/mol. The van der Waals surface area contributed by atoms with Gasteiger partial charge < -0.3 is 14.9 Å². The quantitative estimate of drug-likeness (QED) is 0.149. The van der Waals surface area contributed by atoms with Gasteiger partial charge in [-0.25, -0.2) is 0 Å². The van der Waals surface area contributed by atoms with Crippen LogP contribution in [0.25, 0.3) is 77.1 Å². The maximum absolute atomic E-state index is 4.94. The Balaban J connectivity index is 0.00000436. The van der Waals surface area contributed by atoms with Gasteiger partial charge in [0.15, 0.2) is 0 Å². The van der Waals surface area contributed by atoms with Crippen molar-refractivity contribution < 1.29 is 21.1 Å². The maximum atomic E-state index is 4.94. The molecule has 2 aromatic heterocycles. The van der Waals surface area contributed by atoms with Crippen LogP contribution in [0.15, 0.2) is 188 Å². The summed E-state index contributed by atoms with van der Waals surface area (Å²) in [4.78, 5) is 12.1. The van der Waals surface area contributed by atoms with Gasteiger partial charge >= 0.3 is 21.1 Å². The Hall–Kier alpha value is -6.67. The number of hydrogen-bond acceptors (Lipinski definition) is 3. The molecule has 0 fully saturated rings. The average Bonchev–Trinajstić information content (AvgIpc) is 3.27. The minimum atomic E-state index is 0. The molecule has 0 atom stereocenters. The van der Waals surface area contributed by atoms with E-state index in [9.17, 15) is 0 Å². The van der Waals surface area contributed by atoms with Crippen molar-refractivity contribution in [2.75, 3.05) is 4.90 Å². The van der Waals surface area contributed by atoms with Crippen LogP contribution in [-0.2, 0) is 21.1 Å². The van der Waals surface area contributed by atoms with Crippen LogP contribution in [0.2, 0.25) is 0 Å². The fourth-order valence-corrected chi connectivity index (χ4v) is 7.94. The van der Waals surface area contributed by atoms with Gasteiger partial charge in [0.2, 0.25) is 0 Å². The molecule has 0 saturated heterocycles. The molecule has 10 aromatic rings. The number of nitrogens with zero attached hydrogens (tertiary/aromatic N) is 3. The van der Waals surface area contributed by atoms with Crippen LogP contribution in [0.3, 0.4) is 0 Å². The molecule has 0 radical (unpaired) electrons. The first-order valence-corrected chi connectivity index (χ1v) is 19.3. The second-order valence-electron chi connectivity index (χ2n) is 14.6.